The summed E-state index contributed by atoms with van der Waals surface area (Å²) in [5.41, 5.74) is 6.73. The van der Waals surface area contributed by atoms with Crippen LogP contribution in [0.4, 0.5) is 4.39 Å². The third-order valence-corrected chi connectivity index (χ3v) is 4.83. The molecule has 2 heterocycles. The van der Waals surface area contributed by atoms with Crippen LogP contribution in [-0.2, 0) is 11.2 Å². The van der Waals surface area contributed by atoms with Gasteiger partial charge >= 0.3 is 0 Å². The Morgan fingerprint density at radius 1 is 1.37 bits per heavy atom. The first-order valence-corrected chi connectivity index (χ1v) is 9.18. The Morgan fingerprint density at radius 3 is 2.81 bits per heavy atom. The van der Waals surface area contributed by atoms with Crippen LogP contribution >= 0.6 is 12.4 Å². The molecule has 1 aromatic carbocycles. The Labute approximate surface area is 164 Å². The molecule has 0 spiro atoms. The molecule has 1 aromatic heterocycles. The van der Waals surface area contributed by atoms with Gasteiger partial charge in [-0.25, -0.2) is 4.39 Å². The van der Waals surface area contributed by atoms with Crippen molar-refractivity contribution >= 4 is 18.3 Å². The number of likely N-dealkylation sites (tertiary alicyclic amines) is 1. The van der Waals surface area contributed by atoms with Crippen LogP contribution in [0.3, 0.4) is 0 Å². The quantitative estimate of drug-likeness (QED) is 0.809. The van der Waals surface area contributed by atoms with Gasteiger partial charge in [-0.15, -0.1) is 12.4 Å². The topological polar surface area (TPSA) is 85.2 Å². The maximum Gasteiger partial charge on any atom is 0.226 e. The summed E-state index contributed by atoms with van der Waals surface area (Å²) in [4.78, 5) is 18.8. The zero-order valence-corrected chi connectivity index (χ0v) is 16.3. The summed E-state index contributed by atoms with van der Waals surface area (Å²) < 4.78 is 18.2. The lowest BCUT2D eigenvalue weighted by atomic mass is 9.96. The number of carbonyl (C=O) groups excluding carboxylic acids is 1. The molecule has 6 nitrogen and oxygen atoms in total. The first kappa shape index (κ1) is 21.3. The van der Waals surface area contributed by atoms with Gasteiger partial charge in [-0.05, 0) is 56.9 Å². The molecule has 0 aliphatic carbocycles. The third kappa shape index (κ3) is 5.49. The zero-order chi connectivity index (χ0) is 18.5. The Bertz CT molecular complexity index is 736. The molecule has 2 N–H and O–H groups in total. The van der Waals surface area contributed by atoms with E-state index in [9.17, 15) is 9.18 Å². The van der Waals surface area contributed by atoms with E-state index in [4.69, 9.17) is 10.3 Å². The fourth-order valence-electron chi connectivity index (χ4n) is 3.42. The number of hydrogen-bond acceptors (Lipinski definition) is 5. The van der Waals surface area contributed by atoms with Crippen molar-refractivity contribution in [2.45, 2.75) is 57.5 Å². The smallest absolute Gasteiger partial charge is 0.226 e. The van der Waals surface area contributed by atoms with E-state index >= 15 is 0 Å². The molecule has 0 saturated carbocycles. The molecule has 2 unspecified atom stereocenters. The van der Waals surface area contributed by atoms with Crippen molar-refractivity contribution < 1.29 is 13.7 Å². The van der Waals surface area contributed by atoms with E-state index in [0.29, 0.717) is 36.5 Å². The summed E-state index contributed by atoms with van der Waals surface area (Å²) in [5, 5.41) is 3.92. The van der Waals surface area contributed by atoms with Gasteiger partial charge in [-0.3, -0.25) is 4.79 Å². The second-order valence-electron chi connectivity index (χ2n) is 6.88. The lowest BCUT2D eigenvalue weighted by molar-refractivity contribution is -0.135. The van der Waals surface area contributed by atoms with Crippen LogP contribution in [0.2, 0.25) is 0 Å². The Kier molecular flexibility index (Phi) is 7.74. The lowest BCUT2D eigenvalue weighted by Gasteiger charge is -2.38. The number of benzene rings is 1. The highest BCUT2D eigenvalue weighted by molar-refractivity contribution is 5.85. The van der Waals surface area contributed by atoms with Crippen molar-refractivity contribution in [3.8, 4) is 11.4 Å². The molecule has 27 heavy (non-hydrogen) atoms. The van der Waals surface area contributed by atoms with E-state index in [-0.39, 0.29) is 36.2 Å². The van der Waals surface area contributed by atoms with Crippen LogP contribution in [0.25, 0.3) is 11.4 Å². The molecule has 1 amide bonds. The number of halogens is 2. The number of rotatable bonds is 6. The molecule has 0 radical (unpaired) electrons. The van der Waals surface area contributed by atoms with E-state index in [1.54, 1.807) is 12.1 Å². The van der Waals surface area contributed by atoms with Gasteiger partial charge in [0.15, 0.2) is 0 Å². The number of carbonyl (C=O) groups is 1. The molecule has 0 bridgehead atoms. The van der Waals surface area contributed by atoms with Crippen molar-refractivity contribution in [1.82, 2.24) is 15.0 Å². The number of aryl methyl sites for hydroxylation is 1. The fourth-order valence-corrected chi connectivity index (χ4v) is 3.42. The van der Waals surface area contributed by atoms with E-state index in [1.165, 1.54) is 12.1 Å². The summed E-state index contributed by atoms with van der Waals surface area (Å²) in [6.07, 6.45) is 4.78. The maximum atomic E-state index is 13.0. The fraction of sp³-hybridized carbons (Fsp3) is 0.526. The van der Waals surface area contributed by atoms with E-state index in [1.807, 2.05) is 11.8 Å². The molecule has 2 aromatic rings. The largest absolute Gasteiger partial charge is 0.339 e. The summed E-state index contributed by atoms with van der Waals surface area (Å²) in [5.74, 6) is 0.753. The Balaban J connectivity index is 0.00000261. The average molecular weight is 397 g/mol. The predicted octanol–water partition coefficient (Wildman–Crippen LogP) is 3.35. The predicted molar refractivity (Wildman–Crippen MR) is 103 cm³/mol. The number of piperidine rings is 1. The molecule has 148 valence electrons. The molecule has 1 saturated heterocycles. The van der Waals surface area contributed by atoms with Crippen molar-refractivity contribution in [2.24, 2.45) is 5.73 Å². The third-order valence-electron chi connectivity index (χ3n) is 4.83. The minimum atomic E-state index is -0.307. The highest BCUT2D eigenvalue weighted by atomic mass is 35.5. The van der Waals surface area contributed by atoms with Gasteiger partial charge in [-0.2, -0.15) is 4.98 Å². The second kappa shape index (κ2) is 9.80. The van der Waals surface area contributed by atoms with Crippen LogP contribution < -0.4 is 5.73 Å². The van der Waals surface area contributed by atoms with Gasteiger partial charge < -0.3 is 15.2 Å². The van der Waals surface area contributed by atoms with E-state index in [2.05, 4.69) is 10.1 Å². The number of aromatic nitrogens is 2. The summed E-state index contributed by atoms with van der Waals surface area (Å²) in [6, 6.07) is 6.07. The van der Waals surface area contributed by atoms with Gasteiger partial charge in [0, 0.05) is 37.0 Å². The second-order valence-corrected chi connectivity index (χ2v) is 6.88. The van der Waals surface area contributed by atoms with Crippen molar-refractivity contribution in [1.29, 1.82) is 0 Å². The SMILES string of the molecule is CC(N)C1CCCCN1C(=O)CCCc1nc(-c2ccc(F)cc2)no1.Cl. The van der Waals surface area contributed by atoms with Gasteiger partial charge in [0.25, 0.3) is 0 Å². The standard InChI is InChI=1S/C19H25FN4O2.ClH/c1-13(21)16-5-2-3-12-24(16)18(25)7-4-6-17-22-19(23-26-17)14-8-10-15(20)11-9-14;/h8-11,13,16H,2-7,12,21H2,1H3;1H. The van der Waals surface area contributed by atoms with Crippen LogP contribution in [0.1, 0.15) is 44.9 Å². The summed E-state index contributed by atoms with van der Waals surface area (Å²) >= 11 is 0. The highest BCUT2D eigenvalue weighted by Gasteiger charge is 2.28. The number of nitrogens with zero attached hydrogens (tertiary/aromatic N) is 3. The molecule has 1 fully saturated rings. The number of hydrogen-bond donors (Lipinski definition) is 1. The molecule has 1 aliphatic rings. The van der Waals surface area contributed by atoms with Gasteiger partial charge in [0.1, 0.15) is 5.82 Å². The van der Waals surface area contributed by atoms with E-state index in [0.717, 1.165) is 25.8 Å². The van der Waals surface area contributed by atoms with Gasteiger partial charge in [-0.1, -0.05) is 5.16 Å². The first-order valence-electron chi connectivity index (χ1n) is 9.18. The minimum absolute atomic E-state index is 0. The van der Waals surface area contributed by atoms with Crippen LogP contribution in [-0.4, -0.2) is 39.6 Å². The summed E-state index contributed by atoms with van der Waals surface area (Å²) in [6.45, 7) is 2.76. The zero-order valence-electron chi connectivity index (χ0n) is 15.4. The molecular formula is C19H26ClFN4O2. The molecule has 3 rings (SSSR count). The maximum absolute atomic E-state index is 13.0. The van der Waals surface area contributed by atoms with Crippen LogP contribution in [0.15, 0.2) is 28.8 Å². The van der Waals surface area contributed by atoms with Crippen molar-refractivity contribution in [3.63, 3.8) is 0 Å². The number of nitrogens with two attached hydrogens (primary N) is 1. The molecular weight excluding hydrogens is 371 g/mol. The highest BCUT2D eigenvalue weighted by Crippen LogP contribution is 2.21. The Hall–Kier alpha value is -1.99. The van der Waals surface area contributed by atoms with Crippen molar-refractivity contribution in [2.75, 3.05) is 6.54 Å². The monoisotopic (exact) mass is 396 g/mol. The lowest BCUT2D eigenvalue weighted by Crippen LogP contribution is -2.51. The van der Waals surface area contributed by atoms with Gasteiger partial charge in [0.05, 0.1) is 0 Å². The first-order chi connectivity index (χ1) is 12.5. The molecule has 8 heteroatoms. The van der Waals surface area contributed by atoms with Crippen LogP contribution in [0, 0.1) is 5.82 Å². The normalized spacial score (nSPS) is 18.0. The number of amides is 1. The Morgan fingerprint density at radius 2 is 2.11 bits per heavy atom. The molecule has 2 atom stereocenters. The van der Waals surface area contributed by atoms with E-state index < -0.39 is 0 Å². The van der Waals surface area contributed by atoms with Gasteiger partial charge in [0.2, 0.25) is 17.6 Å². The molecule has 1 aliphatic heterocycles. The average Bonchev–Trinajstić information content (AvgIpc) is 3.11. The minimum Gasteiger partial charge on any atom is -0.339 e. The van der Waals surface area contributed by atoms with Crippen molar-refractivity contribution in [3.05, 3.63) is 36.0 Å². The summed E-state index contributed by atoms with van der Waals surface area (Å²) in [7, 11) is 0. The van der Waals surface area contributed by atoms with Crippen LogP contribution in [0.5, 0.6) is 0 Å².